The SMILES string of the molecule is NC1CN(CCO)CCN1. The van der Waals surface area contributed by atoms with Crippen molar-refractivity contribution in [2.24, 2.45) is 5.73 Å². The summed E-state index contributed by atoms with van der Waals surface area (Å²) in [5, 5.41) is 11.7. The molecule has 0 aliphatic carbocycles. The van der Waals surface area contributed by atoms with Gasteiger partial charge in [-0.3, -0.25) is 10.2 Å². The fourth-order valence-electron chi connectivity index (χ4n) is 1.19. The molecule has 1 heterocycles. The van der Waals surface area contributed by atoms with Gasteiger partial charge in [0.15, 0.2) is 0 Å². The number of nitrogens with zero attached hydrogens (tertiary/aromatic N) is 1. The molecule has 0 radical (unpaired) electrons. The maximum atomic E-state index is 8.60. The zero-order valence-corrected chi connectivity index (χ0v) is 6.08. The highest BCUT2D eigenvalue weighted by Crippen LogP contribution is 1.92. The molecule has 0 spiro atoms. The number of β-amino-alcohol motifs (C(OH)–C–C–N with tert-alkyl or cyclic N) is 1. The minimum atomic E-state index is 0.0836. The second kappa shape index (κ2) is 3.88. The Balaban J connectivity index is 2.18. The number of piperazine rings is 1. The van der Waals surface area contributed by atoms with Crippen LogP contribution in [0.3, 0.4) is 0 Å². The Morgan fingerprint density at radius 1 is 1.70 bits per heavy atom. The van der Waals surface area contributed by atoms with Gasteiger partial charge in [-0.05, 0) is 0 Å². The van der Waals surface area contributed by atoms with Crippen LogP contribution < -0.4 is 11.1 Å². The summed E-state index contributed by atoms with van der Waals surface area (Å²) in [7, 11) is 0. The molecule has 10 heavy (non-hydrogen) atoms. The van der Waals surface area contributed by atoms with Gasteiger partial charge in [0, 0.05) is 26.2 Å². The molecular formula is C6H15N3O. The topological polar surface area (TPSA) is 61.5 Å². The van der Waals surface area contributed by atoms with Crippen LogP contribution in [0.5, 0.6) is 0 Å². The Bertz CT molecular complexity index is 97.0. The minimum absolute atomic E-state index is 0.0836. The summed E-state index contributed by atoms with van der Waals surface area (Å²) >= 11 is 0. The first-order valence-electron chi connectivity index (χ1n) is 3.65. The van der Waals surface area contributed by atoms with Gasteiger partial charge >= 0.3 is 0 Å². The van der Waals surface area contributed by atoms with Crippen LogP contribution in [0.15, 0.2) is 0 Å². The van der Waals surface area contributed by atoms with E-state index < -0.39 is 0 Å². The lowest BCUT2D eigenvalue weighted by molar-refractivity contribution is 0.159. The van der Waals surface area contributed by atoms with Crippen LogP contribution in [0.2, 0.25) is 0 Å². The molecule has 1 saturated heterocycles. The number of hydrogen-bond acceptors (Lipinski definition) is 4. The summed E-state index contributed by atoms with van der Waals surface area (Å²) in [5.41, 5.74) is 5.62. The standard InChI is InChI=1S/C6H15N3O/c7-6-5-9(3-4-10)2-1-8-6/h6,8,10H,1-5,7H2. The minimum Gasteiger partial charge on any atom is -0.395 e. The highest BCUT2D eigenvalue weighted by molar-refractivity contribution is 4.73. The Kier molecular flexibility index (Phi) is 3.08. The summed E-state index contributed by atoms with van der Waals surface area (Å²) < 4.78 is 0. The van der Waals surface area contributed by atoms with Gasteiger partial charge in [0.25, 0.3) is 0 Å². The lowest BCUT2D eigenvalue weighted by atomic mass is 10.3. The first kappa shape index (κ1) is 7.94. The maximum absolute atomic E-state index is 8.60. The summed E-state index contributed by atoms with van der Waals surface area (Å²) in [5.74, 6) is 0. The molecule has 0 bridgehead atoms. The van der Waals surface area contributed by atoms with Crippen LogP contribution in [-0.2, 0) is 0 Å². The number of aliphatic hydroxyl groups is 1. The lowest BCUT2D eigenvalue weighted by Crippen LogP contribution is -2.55. The highest BCUT2D eigenvalue weighted by Gasteiger charge is 2.13. The van der Waals surface area contributed by atoms with Gasteiger partial charge in [-0.2, -0.15) is 0 Å². The van der Waals surface area contributed by atoms with Crippen molar-refractivity contribution in [3.8, 4) is 0 Å². The maximum Gasteiger partial charge on any atom is 0.0678 e. The van der Waals surface area contributed by atoms with E-state index in [4.69, 9.17) is 10.8 Å². The highest BCUT2D eigenvalue weighted by atomic mass is 16.3. The van der Waals surface area contributed by atoms with Crippen LogP contribution in [0, 0.1) is 0 Å². The predicted molar refractivity (Wildman–Crippen MR) is 39.5 cm³/mol. The second-order valence-corrected chi connectivity index (χ2v) is 2.58. The molecular weight excluding hydrogens is 130 g/mol. The number of rotatable bonds is 2. The van der Waals surface area contributed by atoms with E-state index in [9.17, 15) is 0 Å². The quantitative estimate of drug-likeness (QED) is 0.428. The lowest BCUT2D eigenvalue weighted by Gasteiger charge is -2.30. The third-order valence-corrected chi connectivity index (χ3v) is 1.71. The summed E-state index contributed by atoms with van der Waals surface area (Å²) in [6, 6.07) is 0. The Hall–Kier alpha value is -0.160. The molecule has 0 aromatic rings. The fourth-order valence-corrected chi connectivity index (χ4v) is 1.19. The molecule has 4 N–H and O–H groups in total. The smallest absolute Gasteiger partial charge is 0.0678 e. The van der Waals surface area contributed by atoms with Crippen molar-refractivity contribution in [1.82, 2.24) is 10.2 Å². The third kappa shape index (κ3) is 2.22. The molecule has 1 atom stereocenters. The van der Waals surface area contributed by atoms with Crippen molar-refractivity contribution in [1.29, 1.82) is 0 Å². The average Bonchev–Trinajstić information content (AvgIpc) is 1.88. The number of nitrogens with two attached hydrogens (primary N) is 1. The van der Waals surface area contributed by atoms with Gasteiger partial charge in [0.1, 0.15) is 0 Å². The van der Waals surface area contributed by atoms with Crippen molar-refractivity contribution in [3.63, 3.8) is 0 Å². The van der Waals surface area contributed by atoms with E-state index >= 15 is 0 Å². The van der Waals surface area contributed by atoms with Crippen LogP contribution in [0.1, 0.15) is 0 Å². The molecule has 4 heteroatoms. The van der Waals surface area contributed by atoms with E-state index in [1.165, 1.54) is 0 Å². The Labute approximate surface area is 61.0 Å². The molecule has 1 aliphatic heterocycles. The van der Waals surface area contributed by atoms with E-state index in [1.807, 2.05) is 0 Å². The molecule has 1 rings (SSSR count). The Morgan fingerprint density at radius 2 is 2.50 bits per heavy atom. The molecule has 0 amide bonds. The van der Waals surface area contributed by atoms with E-state index in [0.29, 0.717) is 0 Å². The van der Waals surface area contributed by atoms with Gasteiger partial charge in [-0.1, -0.05) is 0 Å². The van der Waals surface area contributed by atoms with E-state index in [0.717, 1.165) is 26.2 Å². The van der Waals surface area contributed by atoms with E-state index in [1.54, 1.807) is 0 Å². The van der Waals surface area contributed by atoms with Crippen molar-refractivity contribution >= 4 is 0 Å². The van der Waals surface area contributed by atoms with Crippen LogP contribution >= 0.6 is 0 Å². The summed E-state index contributed by atoms with van der Waals surface area (Å²) in [6.45, 7) is 3.75. The predicted octanol–water partition coefficient (Wildman–Crippen LogP) is -1.83. The molecule has 4 nitrogen and oxygen atoms in total. The van der Waals surface area contributed by atoms with Crippen molar-refractivity contribution in [3.05, 3.63) is 0 Å². The molecule has 0 saturated carbocycles. The monoisotopic (exact) mass is 145 g/mol. The second-order valence-electron chi connectivity index (χ2n) is 2.58. The van der Waals surface area contributed by atoms with Crippen molar-refractivity contribution in [2.75, 3.05) is 32.8 Å². The molecule has 1 aliphatic rings. The summed E-state index contributed by atoms with van der Waals surface area (Å²) in [4.78, 5) is 2.15. The van der Waals surface area contributed by atoms with Crippen LogP contribution in [-0.4, -0.2) is 49.0 Å². The zero-order chi connectivity index (χ0) is 7.40. The van der Waals surface area contributed by atoms with Gasteiger partial charge in [-0.25, -0.2) is 0 Å². The molecule has 60 valence electrons. The van der Waals surface area contributed by atoms with Gasteiger partial charge in [0.2, 0.25) is 0 Å². The average molecular weight is 145 g/mol. The zero-order valence-electron chi connectivity index (χ0n) is 6.08. The number of hydrogen-bond donors (Lipinski definition) is 3. The molecule has 0 aromatic heterocycles. The molecule has 1 unspecified atom stereocenters. The molecule has 1 fully saturated rings. The summed E-state index contributed by atoms with van der Waals surface area (Å²) in [6.07, 6.45) is 0.0836. The first-order chi connectivity index (χ1) is 4.83. The van der Waals surface area contributed by atoms with Gasteiger partial charge < -0.3 is 10.8 Å². The third-order valence-electron chi connectivity index (χ3n) is 1.71. The Morgan fingerprint density at radius 3 is 3.10 bits per heavy atom. The first-order valence-corrected chi connectivity index (χ1v) is 3.65. The van der Waals surface area contributed by atoms with E-state index in [2.05, 4.69) is 10.2 Å². The largest absolute Gasteiger partial charge is 0.395 e. The molecule has 0 aromatic carbocycles. The number of nitrogens with one attached hydrogen (secondary N) is 1. The fraction of sp³-hybridized carbons (Fsp3) is 1.00. The van der Waals surface area contributed by atoms with Gasteiger partial charge in [0.05, 0.1) is 12.8 Å². The van der Waals surface area contributed by atoms with Crippen LogP contribution in [0.4, 0.5) is 0 Å². The van der Waals surface area contributed by atoms with Crippen molar-refractivity contribution in [2.45, 2.75) is 6.17 Å². The normalized spacial score (nSPS) is 28.8. The van der Waals surface area contributed by atoms with Gasteiger partial charge in [-0.15, -0.1) is 0 Å². The number of aliphatic hydroxyl groups excluding tert-OH is 1. The van der Waals surface area contributed by atoms with E-state index in [-0.39, 0.29) is 12.8 Å². The van der Waals surface area contributed by atoms with Crippen LogP contribution in [0.25, 0.3) is 0 Å². The van der Waals surface area contributed by atoms with Crippen molar-refractivity contribution < 1.29 is 5.11 Å².